The number of benzene rings is 2. The zero-order valence-corrected chi connectivity index (χ0v) is 17.6. The van der Waals surface area contributed by atoms with Crippen molar-refractivity contribution in [1.82, 2.24) is 5.32 Å². The molecule has 0 aromatic heterocycles. The fraction of sp³-hybridized carbons (Fsp3) is 0.381. The number of nitrogens with one attached hydrogen (secondary N) is 1. The summed E-state index contributed by atoms with van der Waals surface area (Å²) in [5.74, 6) is 0.995. The van der Waals surface area contributed by atoms with Crippen LogP contribution < -0.4 is 19.1 Å². The van der Waals surface area contributed by atoms with E-state index >= 15 is 0 Å². The number of fused-ring (bicyclic) bond motifs is 1. The van der Waals surface area contributed by atoms with E-state index in [1.54, 1.807) is 18.2 Å². The van der Waals surface area contributed by atoms with E-state index in [2.05, 4.69) is 19.2 Å². The third-order valence-electron chi connectivity index (χ3n) is 4.58. The second-order valence-corrected chi connectivity index (χ2v) is 9.37. The van der Waals surface area contributed by atoms with Crippen LogP contribution in [0.1, 0.15) is 31.9 Å². The molecule has 1 aliphatic rings. The lowest BCUT2D eigenvalue weighted by atomic mass is 9.97. The van der Waals surface area contributed by atoms with Gasteiger partial charge < -0.3 is 14.8 Å². The van der Waals surface area contributed by atoms with E-state index in [1.807, 2.05) is 30.3 Å². The number of nitrogens with zero attached hydrogens (tertiary/aromatic N) is 1. The van der Waals surface area contributed by atoms with Crippen molar-refractivity contribution < 1.29 is 22.7 Å². The minimum absolute atomic E-state index is 0.0894. The Labute approximate surface area is 171 Å². The maximum absolute atomic E-state index is 12.8. The predicted molar refractivity (Wildman–Crippen MR) is 112 cm³/mol. The van der Waals surface area contributed by atoms with Crippen molar-refractivity contribution in [2.75, 3.05) is 23.9 Å². The first-order chi connectivity index (χ1) is 13.7. The number of rotatable bonds is 8. The Kier molecular flexibility index (Phi) is 6.32. The van der Waals surface area contributed by atoms with Gasteiger partial charge in [-0.2, -0.15) is 0 Å². The van der Waals surface area contributed by atoms with Gasteiger partial charge in [0.1, 0.15) is 6.54 Å². The Morgan fingerprint density at radius 1 is 1.10 bits per heavy atom. The summed E-state index contributed by atoms with van der Waals surface area (Å²) >= 11 is 0. The van der Waals surface area contributed by atoms with Crippen molar-refractivity contribution >= 4 is 21.6 Å². The van der Waals surface area contributed by atoms with Gasteiger partial charge in [-0.25, -0.2) is 8.42 Å². The average molecular weight is 419 g/mol. The molecule has 29 heavy (non-hydrogen) atoms. The highest BCUT2D eigenvalue weighted by molar-refractivity contribution is 7.92. The summed E-state index contributed by atoms with van der Waals surface area (Å²) in [5, 5.41) is 2.99. The maximum atomic E-state index is 12.8. The highest BCUT2D eigenvalue weighted by Gasteiger charge is 2.25. The number of carbonyl (C=O) groups is 1. The van der Waals surface area contributed by atoms with Crippen LogP contribution in [0.15, 0.2) is 48.5 Å². The van der Waals surface area contributed by atoms with Crippen LogP contribution in [0.3, 0.4) is 0 Å². The van der Waals surface area contributed by atoms with Crippen LogP contribution in [0.2, 0.25) is 0 Å². The normalized spacial score (nSPS) is 13.9. The Hall–Kier alpha value is -2.74. The molecule has 2 aromatic rings. The van der Waals surface area contributed by atoms with Crippen molar-refractivity contribution in [3.8, 4) is 11.5 Å². The molecule has 156 valence electrons. The number of anilines is 1. The third-order valence-corrected chi connectivity index (χ3v) is 5.72. The SMILES string of the molecule is CC(C)CC(NC(=O)CN(c1ccc2c(c1)OCO2)S(C)(=O)=O)c1ccccc1. The zero-order chi connectivity index (χ0) is 21.0. The Bertz CT molecular complexity index is 960. The molecule has 8 heteroatoms. The van der Waals surface area contributed by atoms with Crippen molar-refractivity contribution in [2.45, 2.75) is 26.3 Å². The van der Waals surface area contributed by atoms with E-state index in [1.165, 1.54) is 0 Å². The first kappa shape index (κ1) is 21.0. The van der Waals surface area contributed by atoms with E-state index in [0.29, 0.717) is 23.1 Å². The van der Waals surface area contributed by atoms with Gasteiger partial charge in [0.15, 0.2) is 11.5 Å². The second kappa shape index (κ2) is 8.73. The second-order valence-electron chi connectivity index (χ2n) is 7.47. The smallest absolute Gasteiger partial charge is 0.241 e. The van der Waals surface area contributed by atoms with E-state index in [9.17, 15) is 13.2 Å². The van der Waals surface area contributed by atoms with Gasteiger partial charge in [0, 0.05) is 6.07 Å². The number of carbonyl (C=O) groups excluding carboxylic acids is 1. The summed E-state index contributed by atoms with van der Waals surface area (Å²) in [4.78, 5) is 12.8. The quantitative estimate of drug-likeness (QED) is 0.712. The van der Waals surface area contributed by atoms with Crippen molar-refractivity contribution in [2.24, 2.45) is 5.92 Å². The largest absolute Gasteiger partial charge is 0.454 e. The average Bonchev–Trinajstić information content (AvgIpc) is 3.13. The van der Waals surface area contributed by atoms with E-state index in [4.69, 9.17) is 9.47 Å². The van der Waals surface area contributed by atoms with Crippen LogP contribution >= 0.6 is 0 Å². The Balaban J connectivity index is 1.79. The van der Waals surface area contributed by atoms with Gasteiger partial charge in [0.25, 0.3) is 0 Å². The lowest BCUT2D eigenvalue weighted by Crippen LogP contribution is -2.41. The third kappa shape index (κ3) is 5.41. The minimum Gasteiger partial charge on any atom is -0.454 e. The van der Waals surface area contributed by atoms with Crippen molar-refractivity contribution in [3.05, 3.63) is 54.1 Å². The first-order valence-electron chi connectivity index (χ1n) is 9.45. The zero-order valence-electron chi connectivity index (χ0n) is 16.8. The highest BCUT2D eigenvalue weighted by atomic mass is 32.2. The molecule has 0 aliphatic carbocycles. The fourth-order valence-corrected chi connectivity index (χ4v) is 4.09. The van der Waals surface area contributed by atoms with E-state index < -0.39 is 10.0 Å². The summed E-state index contributed by atoms with van der Waals surface area (Å²) < 4.78 is 36.4. The van der Waals surface area contributed by atoms with Gasteiger partial charge in [-0.1, -0.05) is 44.2 Å². The molecular weight excluding hydrogens is 392 g/mol. The summed E-state index contributed by atoms with van der Waals surface area (Å²) in [6.07, 6.45) is 1.83. The molecule has 1 amide bonds. The topological polar surface area (TPSA) is 84.9 Å². The van der Waals surface area contributed by atoms with Gasteiger partial charge in [0.2, 0.25) is 22.7 Å². The number of ether oxygens (including phenoxy) is 2. The molecule has 1 heterocycles. The molecular formula is C21H26N2O5S. The summed E-state index contributed by atoms with van der Waals surface area (Å²) in [6.45, 7) is 3.93. The number of sulfonamides is 1. The summed E-state index contributed by atoms with van der Waals surface area (Å²) in [6, 6.07) is 14.3. The lowest BCUT2D eigenvalue weighted by Gasteiger charge is -2.25. The van der Waals surface area contributed by atoms with Gasteiger partial charge in [-0.15, -0.1) is 0 Å². The standard InChI is InChI=1S/C21H26N2O5S/c1-15(2)11-18(16-7-5-4-6-8-16)22-21(24)13-23(29(3,25)26)17-9-10-19-20(12-17)28-14-27-19/h4-10,12,15,18H,11,13-14H2,1-3H3,(H,22,24). The Morgan fingerprint density at radius 2 is 1.79 bits per heavy atom. The molecule has 7 nitrogen and oxygen atoms in total. The Morgan fingerprint density at radius 3 is 2.45 bits per heavy atom. The van der Waals surface area contributed by atoms with Crippen LogP contribution in [-0.4, -0.2) is 33.9 Å². The minimum atomic E-state index is -3.68. The lowest BCUT2D eigenvalue weighted by molar-refractivity contribution is -0.120. The van der Waals surface area contributed by atoms with Crippen LogP contribution in [0.25, 0.3) is 0 Å². The molecule has 1 unspecified atom stereocenters. The molecule has 3 rings (SSSR count). The molecule has 1 N–H and O–H groups in total. The van der Waals surface area contributed by atoms with Gasteiger partial charge in [-0.3, -0.25) is 9.10 Å². The molecule has 1 atom stereocenters. The van der Waals surface area contributed by atoms with Crippen LogP contribution in [0.4, 0.5) is 5.69 Å². The summed E-state index contributed by atoms with van der Waals surface area (Å²) in [7, 11) is -3.68. The van der Waals surface area contributed by atoms with Crippen LogP contribution in [0, 0.1) is 5.92 Å². The van der Waals surface area contributed by atoms with E-state index in [0.717, 1.165) is 22.5 Å². The molecule has 0 radical (unpaired) electrons. The number of hydrogen-bond donors (Lipinski definition) is 1. The van der Waals surface area contributed by atoms with Crippen LogP contribution in [0.5, 0.6) is 11.5 Å². The summed E-state index contributed by atoms with van der Waals surface area (Å²) in [5.41, 5.74) is 1.34. The molecule has 0 fully saturated rings. The highest BCUT2D eigenvalue weighted by Crippen LogP contribution is 2.36. The molecule has 0 saturated carbocycles. The van der Waals surface area contributed by atoms with E-state index in [-0.39, 0.29) is 25.3 Å². The van der Waals surface area contributed by atoms with Crippen molar-refractivity contribution in [3.63, 3.8) is 0 Å². The molecule has 1 aliphatic heterocycles. The predicted octanol–water partition coefficient (Wildman–Crippen LogP) is 3.08. The molecule has 0 saturated heterocycles. The number of hydrogen-bond acceptors (Lipinski definition) is 5. The van der Waals surface area contributed by atoms with Gasteiger partial charge in [0.05, 0.1) is 18.0 Å². The monoisotopic (exact) mass is 418 g/mol. The molecule has 0 bridgehead atoms. The molecule has 0 spiro atoms. The first-order valence-corrected chi connectivity index (χ1v) is 11.3. The number of amides is 1. The maximum Gasteiger partial charge on any atom is 0.241 e. The van der Waals surface area contributed by atoms with Gasteiger partial charge in [-0.05, 0) is 30.0 Å². The van der Waals surface area contributed by atoms with Crippen LogP contribution in [-0.2, 0) is 14.8 Å². The van der Waals surface area contributed by atoms with Gasteiger partial charge >= 0.3 is 0 Å². The van der Waals surface area contributed by atoms with Crippen molar-refractivity contribution in [1.29, 1.82) is 0 Å². The fourth-order valence-electron chi connectivity index (χ4n) is 3.25. The molecule has 2 aromatic carbocycles.